The Bertz CT molecular complexity index is 3480. The molecular weight excluding hydrogens is 1090 g/mol. The molecule has 4 aliphatic heterocycles. The molecule has 0 saturated heterocycles. The Balaban J connectivity index is 0.868. The highest BCUT2D eigenvalue weighted by molar-refractivity contribution is 5.54. The van der Waals surface area contributed by atoms with Crippen molar-refractivity contribution in [2.45, 2.75) is 64.2 Å². The summed E-state index contributed by atoms with van der Waals surface area (Å²) in [6.07, 6.45) is 0. The number of hydrogen-bond donors (Lipinski definition) is 0. The molecule has 84 heavy (non-hydrogen) atoms. The van der Waals surface area contributed by atoms with Crippen molar-refractivity contribution in [2.24, 2.45) is 0 Å². The maximum absolute atomic E-state index is 14.9. The molecule has 9 aromatic carbocycles. The minimum absolute atomic E-state index is 0.120. The standard InChI is InChI=1S/C68H54F8N4O4/c69-55-9-13-59(73)47(25-55)29-77-33-51-21-43(5-17-63(51)81-37-77)67(44-6-18-64-52(22-44)34-78(38-82-64)30-48-26-56(70)10-14-60(48)74)41-1-2-42(4-3-41)68(45-7-19-65-53(23-45)35-79(39-83-65)31-49-27-57(71)11-15-61(49)75)46-8-20-66-54(24-46)36-80(40-84-66)32-50-28-58(72)12-16-62(50)76/h1-28,67-68H,29-40H2. The third-order valence-corrected chi connectivity index (χ3v) is 16.1. The summed E-state index contributed by atoms with van der Waals surface area (Å²) in [5.74, 6) is -2.26. The van der Waals surface area contributed by atoms with Crippen LogP contribution in [-0.4, -0.2) is 46.5 Å². The Hall–Kier alpha value is -8.54. The molecule has 0 N–H and O–H groups in total. The van der Waals surface area contributed by atoms with E-state index in [-0.39, 0.29) is 87.2 Å². The van der Waals surface area contributed by atoms with Crippen LogP contribution in [0.1, 0.15) is 89.7 Å². The number of rotatable bonds is 14. The van der Waals surface area contributed by atoms with Gasteiger partial charge in [0.05, 0.1) is 0 Å². The average Bonchev–Trinajstić information content (AvgIpc) is 2.54. The van der Waals surface area contributed by atoms with Crippen LogP contribution in [0.3, 0.4) is 0 Å². The van der Waals surface area contributed by atoms with Crippen LogP contribution in [0.4, 0.5) is 35.1 Å². The van der Waals surface area contributed by atoms with Crippen LogP contribution in [0.2, 0.25) is 0 Å². The van der Waals surface area contributed by atoms with Gasteiger partial charge in [0.1, 0.15) is 96.5 Å². The van der Waals surface area contributed by atoms with Gasteiger partial charge in [-0.05, 0) is 155 Å². The fourth-order valence-electron chi connectivity index (χ4n) is 12.0. The van der Waals surface area contributed by atoms with Gasteiger partial charge in [-0.3, -0.25) is 19.6 Å². The van der Waals surface area contributed by atoms with E-state index in [4.69, 9.17) is 18.9 Å². The fourth-order valence-corrected chi connectivity index (χ4v) is 12.0. The fraction of sp³-hybridized carbons (Fsp3) is 0.206. The van der Waals surface area contributed by atoms with E-state index in [1.54, 1.807) is 0 Å². The maximum Gasteiger partial charge on any atom is 0.142 e. The third kappa shape index (κ3) is 11.7. The lowest BCUT2D eigenvalue weighted by Gasteiger charge is -2.32. The van der Waals surface area contributed by atoms with Crippen LogP contribution in [0.25, 0.3) is 0 Å². The monoisotopic (exact) mass is 1140 g/mol. The van der Waals surface area contributed by atoms with Gasteiger partial charge in [-0.15, -0.1) is 0 Å². The quantitative estimate of drug-likeness (QED) is 0.0789. The maximum atomic E-state index is 14.9. The molecule has 0 bridgehead atoms. The van der Waals surface area contributed by atoms with Crippen molar-refractivity contribution in [3.63, 3.8) is 0 Å². The van der Waals surface area contributed by atoms with Gasteiger partial charge in [-0.1, -0.05) is 48.5 Å². The summed E-state index contributed by atoms with van der Waals surface area (Å²) in [4.78, 5) is 7.62. The van der Waals surface area contributed by atoms with Crippen molar-refractivity contribution >= 4 is 0 Å². The zero-order valence-electron chi connectivity index (χ0n) is 45.3. The number of halogens is 8. The second-order valence-corrected chi connectivity index (χ2v) is 22.0. The van der Waals surface area contributed by atoms with E-state index in [1.165, 1.54) is 24.3 Å². The van der Waals surface area contributed by atoms with Crippen LogP contribution in [0.15, 0.2) is 170 Å². The van der Waals surface area contributed by atoms with Gasteiger partial charge >= 0.3 is 0 Å². The second-order valence-electron chi connectivity index (χ2n) is 22.0. The first kappa shape index (κ1) is 54.7. The van der Waals surface area contributed by atoms with Gasteiger partial charge in [0.15, 0.2) is 0 Å². The molecule has 0 saturated carbocycles. The van der Waals surface area contributed by atoms with Gasteiger partial charge in [0, 0.05) is 109 Å². The summed E-state index contributed by atoms with van der Waals surface area (Å²) >= 11 is 0. The van der Waals surface area contributed by atoms with Crippen LogP contribution in [0.5, 0.6) is 23.0 Å². The Kier molecular flexibility index (Phi) is 15.1. The predicted octanol–water partition coefficient (Wildman–Crippen LogP) is 14.6. The molecule has 0 amide bonds. The van der Waals surface area contributed by atoms with Gasteiger partial charge in [-0.25, -0.2) is 35.1 Å². The molecule has 426 valence electrons. The van der Waals surface area contributed by atoms with Crippen molar-refractivity contribution in [1.82, 2.24) is 19.6 Å². The van der Waals surface area contributed by atoms with Crippen molar-refractivity contribution in [3.05, 3.63) is 294 Å². The van der Waals surface area contributed by atoms with Gasteiger partial charge < -0.3 is 18.9 Å². The molecule has 0 aromatic heterocycles. The number of fused-ring (bicyclic) bond motifs is 4. The minimum atomic E-state index is -0.532. The third-order valence-electron chi connectivity index (χ3n) is 16.1. The van der Waals surface area contributed by atoms with Crippen LogP contribution >= 0.6 is 0 Å². The highest BCUT2D eigenvalue weighted by atomic mass is 19.2. The molecule has 4 heterocycles. The molecule has 0 radical (unpaired) electrons. The topological polar surface area (TPSA) is 49.9 Å². The molecule has 0 unspecified atom stereocenters. The summed E-state index contributed by atoms with van der Waals surface area (Å²) in [7, 11) is 0. The second kappa shape index (κ2) is 23.3. The van der Waals surface area contributed by atoms with E-state index in [0.29, 0.717) is 49.2 Å². The van der Waals surface area contributed by atoms with Crippen LogP contribution < -0.4 is 18.9 Å². The average molecular weight is 1140 g/mol. The first-order valence-corrected chi connectivity index (χ1v) is 27.6. The predicted molar refractivity (Wildman–Crippen MR) is 299 cm³/mol. The van der Waals surface area contributed by atoms with Crippen LogP contribution in [0, 0.1) is 46.5 Å². The summed E-state index contributed by atoms with van der Waals surface area (Å²) in [5, 5.41) is 0. The molecule has 0 atom stereocenters. The van der Waals surface area contributed by atoms with E-state index in [0.717, 1.165) is 104 Å². The van der Waals surface area contributed by atoms with E-state index in [2.05, 4.69) is 48.5 Å². The highest BCUT2D eigenvalue weighted by Gasteiger charge is 2.30. The lowest BCUT2D eigenvalue weighted by atomic mass is 9.80. The zero-order chi connectivity index (χ0) is 57.6. The summed E-state index contributed by atoms with van der Waals surface area (Å²) in [5.41, 5.74) is 9.83. The van der Waals surface area contributed by atoms with E-state index in [1.807, 2.05) is 68.1 Å². The van der Waals surface area contributed by atoms with Crippen molar-refractivity contribution in [2.75, 3.05) is 26.9 Å². The lowest BCUT2D eigenvalue weighted by molar-refractivity contribution is 0.0874. The highest BCUT2D eigenvalue weighted by Crippen LogP contribution is 2.43. The molecule has 16 heteroatoms. The largest absolute Gasteiger partial charge is 0.478 e. The molecule has 13 rings (SSSR count). The molecule has 0 aliphatic carbocycles. The van der Waals surface area contributed by atoms with Crippen LogP contribution in [-0.2, 0) is 52.4 Å². The Morgan fingerprint density at radius 2 is 0.500 bits per heavy atom. The van der Waals surface area contributed by atoms with Gasteiger partial charge in [0.25, 0.3) is 0 Å². The lowest BCUT2D eigenvalue weighted by Crippen LogP contribution is -2.32. The van der Waals surface area contributed by atoms with E-state index >= 15 is 0 Å². The number of ether oxygens (including phenoxy) is 4. The molecule has 0 spiro atoms. The van der Waals surface area contributed by atoms with E-state index < -0.39 is 46.5 Å². The summed E-state index contributed by atoms with van der Waals surface area (Å²) < 4.78 is 142. The Morgan fingerprint density at radius 1 is 0.274 bits per heavy atom. The number of hydrogen-bond acceptors (Lipinski definition) is 8. The number of benzene rings is 9. The Labute approximate surface area is 480 Å². The number of nitrogens with zero attached hydrogens (tertiary/aromatic N) is 4. The molecule has 9 aromatic rings. The first-order valence-electron chi connectivity index (χ1n) is 27.6. The van der Waals surface area contributed by atoms with Gasteiger partial charge in [-0.2, -0.15) is 0 Å². The smallest absolute Gasteiger partial charge is 0.142 e. The first-order chi connectivity index (χ1) is 40.8. The van der Waals surface area contributed by atoms with Crippen molar-refractivity contribution in [3.8, 4) is 23.0 Å². The van der Waals surface area contributed by atoms with E-state index in [9.17, 15) is 35.1 Å². The molecule has 4 aliphatic rings. The Morgan fingerprint density at radius 3 is 0.738 bits per heavy atom. The SMILES string of the molecule is Fc1ccc(F)c(CN2COc3ccc(C(c4ccc(C(c5ccc6c(c5)CN(Cc5cc(F)ccc5F)CO6)c5ccc6c(c5)CN(Cc5cc(F)ccc5F)CO6)cc4)c4ccc5c(c4)CN(Cc4cc(F)ccc4F)CO5)cc3C2)c1. The summed E-state index contributed by atoms with van der Waals surface area (Å²) in [6, 6.07) is 46.2. The van der Waals surface area contributed by atoms with Crippen molar-refractivity contribution < 1.29 is 54.1 Å². The molecular formula is C68H54F8N4O4. The van der Waals surface area contributed by atoms with Crippen molar-refractivity contribution in [1.29, 1.82) is 0 Å². The summed E-state index contributed by atoms with van der Waals surface area (Å²) in [6.45, 7) is 2.74. The molecule has 0 fully saturated rings. The molecule has 8 nitrogen and oxygen atoms in total. The minimum Gasteiger partial charge on any atom is -0.478 e. The zero-order valence-corrected chi connectivity index (χ0v) is 45.3. The normalized spacial score (nSPS) is 15.4. The van der Waals surface area contributed by atoms with Gasteiger partial charge in [0.2, 0.25) is 0 Å².